The summed E-state index contributed by atoms with van der Waals surface area (Å²) in [6.07, 6.45) is 2.96. The molecule has 0 saturated carbocycles. The number of furan rings is 1. The van der Waals surface area contributed by atoms with Crippen molar-refractivity contribution in [3.8, 4) is 5.95 Å². The summed E-state index contributed by atoms with van der Waals surface area (Å²) in [6, 6.07) is 3.27. The van der Waals surface area contributed by atoms with E-state index in [4.69, 9.17) is 9.15 Å². The van der Waals surface area contributed by atoms with Gasteiger partial charge in [-0.1, -0.05) is 20.3 Å². The lowest BCUT2D eigenvalue weighted by atomic mass is 10.1. The highest BCUT2D eigenvalue weighted by molar-refractivity contribution is 5.70. The van der Waals surface area contributed by atoms with Crippen LogP contribution < -0.4 is 4.74 Å². The molecular weight excluding hydrogens is 180 g/mol. The number of ether oxygens (including phenoxy) is 1. The number of aldehydes is 1. The summed E-state index contributed by atoms with van der Waals surface area (Å²) in [5, 5.41) is 0. The second-order valence-electron chi connectivity index (χ2n) is 3.48. The summed E-state index contributed by atoms with van der Waals surface area (Å²) in [4.78, 5) is 10.3. The minimum Gasteiger partial charge on any atom is -0.465 e. The third kappa shape index (κ3) is 3.24. The maximum Gasteiger partial charge on any atom is 0.284 e. The van der Waals surface area contributed by atoms with Crippen LogP contribution in [0.3, 0.4) is 0 Å². The molecule has 0 aromatic carbocycles. The smallest absolute Gasteiger partial charge is 0.284 e. The van der Waals surface area contributed by atoms with Gasteiger partial charge in [0.1, 0.15) is 0 Å². The van der Waals surface area contributed by atoms with E-state index in [9.17, 15) is 4.79 Å². The van der Waals surface area contributed by atoms with Crippen molar-refractivity contribution in [2.75, 3.05) is 6.61 Å². The van der Waals surface area contributed by atoms with E-state index in [0.29, 0.717) is 30.5 Å². The van der Waals surface area contributed by atoms with Crippen molar-refractivity contribution in [3.05, 3.63) is 17.9 Å². The molecule has 0 spiro atoms. The number of carbonyl (C=O) groups is 1. The number of rotatable bonds is 6. The molecule has 0 aliphatic rings. The first-order valence-corrected chi connectivity index (χ1v) is 4.94. The Hall–Kier alpha value is -1.25. The largest absolute Gasteiger partial charge is 0.465 e. The maximum absolute atomic E-state index is 10.3. The normalized spacial score (nSPS) is 12.4. The van der Waals surface area contributed by atoms with Gasteiger partial charge in [0.05, 0.1) is 6.61 Å². The van der Waals surface area contributed by atoms with Crippen LogP contribution >= 0.6 is 0 Å². The fraction of sp³-hybridized carbons (Fsp3) is 0.545. The SMILES string of the molecule is CCCC(C)COc1ccc(C=O)o1. The Morgan fingerprint density at radius 1 is 1.57 bits per heavy atom. The Kier molecular flexibility index (Phi) is 4.23. The van der Waals surface area contributed by atoms with E-state index < -0.39 is 0 Å². The van der Waals surface area contributed by atoms with Crippen molar-refractivity contribution in [1.29, 1.82) is 0 Å². The molecule has 78 valence electrons. The fourth-order valence-corrected chi connectivity index (χ4v) is 1.28. The minimum atomic E-state index is 0.308. The van der Waals surface area contributed by atoms with Crippen LogP contribution in [-0.4, -0.2) is 12.9 Å². The lowest BCUT2D eigenvalue weighted by Crippen LogP contribution is -2.07. The average molecular weight is 196 g/mol. The Morgan fingerprint density at radius 2 is 2.36 bits per heavy atom. The first-order valence-electron chi connectivity index (χ1n) is 4.94. The van der Waals surface area contributed by atoms with Gasteiger partial charge in [-0.25, -0.2) is 0 Å². The summed E-state index contributed by atoms with van der Waals surface area (Å²) in [6.45, 7) is 4.92. The fourth-order valence-electron chi connectivity index (χ4n) is 1.28. The molecule has 0 amide bonds. The average Bonchev–Trinajstić information content (AvgIpc) is 2.63. The van der Waals surface area contributed by atoms with E-state index in [1.807, 2.05) is 0 Å². The molecule has 1 heterocycles. The van der Waals surface area contributed by atoms with Crippen molar-refractivity contribution < 1.29 is 13.9 Å². The van der Waals surface area contributed by atoms with Crippen LogP contribution in [0.5, 0.6) is 5.95 Å². The summed E-state index contributed by atoms with van der Waals surface area (Å²) >= 11 is 0. The summed E-state index contributed by atoms with van der Waals surface area (Å²) in [7, 11) is 0. The molecule has 3 heteroatoms. The molecule has 0 aliphatic carbocycles. The molecule has 14 heavy (non-hydrogen) atoms. The molecule has 1 aromatic heterocycles. The Morgan fingerprint density at radius 3 is 2.93 bits per heavy atom. The Bertz CT molecular complexity index is 278. The maximum atomic E-state index is 10.3. The first-order chi connectivity index (χ1) is 6.76. The van der Waals surface area contributed by atoms with E-state index in [1.54, 1.807) is 12.1 Å². The van der Waals surface area contributed by atoms with Gasteiger partial charge in [-0.15, -0.1) is 0 Å². The minimum absolute atomic E-state index is 0.308. The third-order valence-electron chi connectivity index (χ3n) is 2.01. The van der Waals surface area contributed by atoms with E-state index in [-0.39, 0.29) is 0 Å². The lowest BCUT2D eigenvalue weighted by molar-refractivity contribution is 0.108. The van der Waals surface area contributed by atoms with Gasteiger partial charge >= 0.3 is 0 Å². The number of hydrogen-bond donors (Lipinski definition) is 0. The molecule has 1 unspecified atom stereocenters. The molecule has 0 bridgehead atoms. The van der Waals surface area contributed by atoms with Gasteiger partial charge in [0.25, 0.3) is 5.95 Å². The second kappa shape index (κ2) is 5.47. The summed E-state index contributed by atoms with van der Waals surface area (Å²) < 4.78 is 10.4. The zero-order valence-electron chi connectivity index (χ0n) is 8.66. The molecule has 1 rings (SSSR count). The zero-order valence-corrected chi connectivity index (χ0v) is 8.66. The van der Waals surface area contributed by atoms with Gasteiger partial charge in [-0.3, -0.25) is 4.79 Å². The molecule has 0 fully saturated rings. The van der Waals surface area contributed by atoms with Gasteiger partial charge < -0.3 is 9.15 Å². The van der Waals surface area contributed by atoms with Crippen LogP contribution in [0.25, 0.3) is 0 Å². The van der Waals surface area contributed by atoms with E-state index in [2.05, 4.69) is 13.8 Å². The molecule has 0 N–H and O–H groups in total. The van der Waals surface area contributed by atoms with Crippen molar-refractivity contribution in [3.63, 3.8) is 0 Å². The molecule has 1 aromatic rings. The molecule has 0 saturated heterocycles. The molecule has 0 radical (unpaired) electrons. The number of hydrogen-bond acceptors (Lipinski definition) is 3. The lowest BCUT2D eigenvalue weighted by Gasteiger charge is -2.09. The van der Waals surface area contributed by atoms with Crippen LogP contribution in [0.4, 0.5) is 0 Å². The van der Waals surface area contributed by atoms with Gasteiger partial charge in [0.15, 0.2) is 12.0 Å². The first kappa shape index (κ1) is 10.8. The monoisotopic (exact) mass is 196 g/mol. The molecule has 3 nitrogen and oxygen atoms in total. The van der Waals surface area contributed by atoms with Crippen molar-refractivity contribution in [1.82, 2.24) is 0 Å². The number of carbonyl (C=O) groups excluding carboxylic acids is 1. The highest BCUT2D eigenvalue weighted by Gasteiger charge is 2.05. The van der Waals surface area contributed by atoms with Crippen LogP contribution in [-0.2, 0) is 0 Å². The van der Waals surface area contributed by atoms with Crippen LogP contribution in [0.2, 0.25) is 0 Å². The third-order valence-corrected chi connectivity index (χ3v) is 2.01. The Balaban J connectivity index is 2.33. The molecule has 0 aliphatic heterocycles. The zero-order chi connectivity index (χ0) is 10.4. The van der Waals surface area contributed by atoms with Gasteiger partial charge in [0.2, 0.25) is 0 Å². The summed E-state index contributed by atoms with van der Waals surface area (Å²) in [5.41, 5.74) is 0. The van der Waals surface area contributed by atoms with Gasteiger partial charge in [-0.2, -0.15) is 0 Å². The van der Waals surface area contributed by atoms with Gasteiger partial charge in [-0.05, 0) is 18.4 Å². The highest BCUT2D eigenvalue weighted by Crippen LogP contribution is 2.16. The predicted molar refractivity (Wildman–Crippen MR) is 53.7 cm³/mol. The van der Waals surface area contributed by atoms with E-state index in [0.717, 1.165) is 12.8 Å². The van der Waals surface area contributed by atoms with Crippen molar-refractivity contribution in [2.45, 2.75) is 26.7 Å². The van der Waals surface area contributed by atoms with Crippen LogP contribution in [0.15, 0.2) is 16.5 Å². The van der Waals surface area contributed by atoms with E-state index >= 15 is 0 Å². The predicted octanol–water partition coefficient (Wildman–Crippen LogP) is 2.91. The molecule has 1 atom stereocenters. The van der Waals surface area contributed by atoms with Crippen molar-refractivity contribution >= 4 is 6.29 Å². The van der Waals surface area contributed by atoms with Crippen LogP contribution in [0.1, 0.15) is 37.2 Å². The van der Waals surface area contributed by atoms with Crippen molar-refractivity contribution in [2.24, 2.45) is 5.92 Å². The quantitative estimate of drug-likeness (QED) is 0.657. The highest BCUT2D eigenvalue weighted by atomic mass is 16.6. The standard InChI is InChI=1S/C11H16O3/c1-3-4-9(2)8-13-11-6-5-10(7-12)14-11/h5-7,9H,3-4,8H2,1-2H3. The van der Waals surface area contributed by atoms with E-state index in [1.165, 1.54) is 0 Å². The van der Waals surface area contributed by atoms with Crippen LogP contribution in [0, 0.1) is 5.92 Å². The second-order valence-corrected chi connectivity index (χ2v) is 3.48. The topological polar surface area (TPSA) is 39.4 Å². The summed E-state index contributed by atoms with van der Waals surface area (Å²) in [5.74, 6) is 1.25. The Labute approximate surface area is 84.1 Å². The molecular formula is C11H16O3. The van der Waals surface area contributed by atoms with Gasteiger partial charge in [0, 0.05) is 6.07 Å².